The average molecular weight is 384 g/mol. The van der Waals surface area contributed by atoms with Crippen LogP contribution in [-0.4, -0.2) is 27.4 Å². The van der Waals surface area contributed by atoms with Gasteiger partial charge in [0.25, 0.3) is 0 Å². The molecule has 4 rings (SSSR count). The molecule has 0 spiro atoms. The Morgan fingerprint density at radius 3 is 2.59 bits per heavy atom. The Kier molecular flexibility index (Phi) is 5.55. The highest BCUT2D eigenvalue weighted by molar-refractivity contribution is 7.71. The summed E-state index contributed by atoms with van der Waals surface area (Å²) in [5, 5.41) is 4.76. The molecule has 5 nitrogen and oxygen atoms in total. The van der Waals surface area contributed by atoms with E-state index in [4.69, 9.17) is 21.7 Å². The number of piperidine rings is 1. The summed E-state index contributed by atoms with van der Waals surface area (Å²) in [6.45, 7) is 6.07. The van der Waals surface area contributed by atoms with E-state index in [9.17, 15) is 0 Å². The highest BCUT2D eigenvalue weighted by atomic mass is 32.1. The van der Waals surface area contributed by atoms with E-state index in [1.807, 2.05) is 16.8 Å². The maximum absolute atomic E-state index is 5.67. The minimum Gasteiger partial charge on any atom is -0.461 e. The van der Waals surface area contributed by atoms with E-state index >= 15 is 0 Å². The number of hydrogen-bond acceptors (Lipinski definition) is 3. The van der Waals surface area contributed by atoms with Gasteiger partial charge in [-0.3, -0.25) is 4.57 Å². The van der Waals surface area contributed by atoms with Crippen molar-refractivity contribution in [3.8, 4) is 11.6 Å². The first kappa shape index (κ1) is 18.2. The third kappa shape index (κ3) is 4.06. The first-order chi connectivity index (χ1) is 13.2. The molecule has 27 heavy (non-hydrogen) atoms. The summed E-state index contributed by atoms with van der Waals surface area (Å²) >= 11 is 5.67. The third-order valence-corrected chi connectivity index (χ3v) is 5.96. The Morgan fingerprint density at radius 1 is 1.15 bits per heavy atom. The van der Waals surface area contributed by atoms with Gasteiger partial charge in [0.2, 0.25) is 4.77 Å². The maximum atomic E-state index is 5.67. The summed E-state index contributed by atoms with van der Waals surface area (Å²) < 4.78 is 10.3. The number of benzene rings is 1. The van der Waals surface area contributed by atoms with Crippen LogP contribution in [0.2, 0.25) is 0 Å². The summed E-state index contributed by atoms with van der Waals surface area (Å²) in [6.07, 6.45) is 5.40. The molecule has 0 radical (unpaired) electrons. The third-order valence-electron chi connectivity index (χ3n) is 5.53. The molecular weight excluding hydrogens is 356 g/mol. The molecular formula is C21H27N4OS+. The van der Waals surface area contributed by atoms with Crippen LogP contribution in [-0.2, 0) is 19.6 Å². The number of hydrogen-bond donors (Lipinski definition) is 1. The van der Waals surface area contributed by atoms with Crippen LogP contribution in [0.25, 0.3) is 11.6 Å². The van der Waals surface area contributed by atoms with Crippen LogP contribution in [0, 0.1) is 10.7 Å². The lowest BCUT2D eigenvalue weighted by molar-refractivity contribution is -0.929. The Morgan fingerprint density at radius 2 is 1.93 bits per heavy atom. The molecule has 3 aromatic rings. The van der Waals surface area contributed by atoms with Gasteiger partial charge in [-0.25, -0.2) is 0 Å². The quantitative estimate of drug-likeness (QED) is 0.665. The summed E-state index contributed by atoms with van der Waals surface area (Å²) in [6, 6.07) is 14.7. The van der Waals surface area contributed by atoms with E-state index in [2.05, 4.69) is 41.8 Å². The van der Waals surface area contributed by atoms with Crippen molar-refractivity contribution in [1.29, 1.82) is 0 Å². The molecule has 6 heteroatoms. The molecule has 1 aromatic carbocycles. The fourth-order valence-corrected chi connectivity index (χ4v) is 4.35. The standard InChI is InChI=1S/C21H26N4OS/c1-2-24-20(19-9-6-14-26-19)22-25(21(24)27)16-23-12-10-18(11-13-23)15-17-7-4-3-5-8-17/h3-9,14,18H,2,10-13,15-16H2,1H3/p+1. The van der Waals surface area contributed by atoms with E-state index in [0.29, 0.717) is 0 Å². The molecule has 1 N–H and O–H groups in total. The van der Waals surface area contributed by atoms with E-state index in [1.54, 1.807) is 11.2 Å². The zero-order valence-electron chi connectivity index (χ0n) is 15.8. The van der Waals surface area contributed by atoms with Crippen molar-refractivity contribution in [1.82, 2.24) is 14.3 Å². The molecule has 1 fully saturated rings. The number of nitrogens with one attached hydrogen (secondary N) is 1. The molecule has 0 atom stereocenters. The van der Waals surface area contributed by atoms with E-state index in [1.165, 1.54) is 37.9 Å². The van der Waals surface area contributed by atoms with Gasteiger partial charge < -0.3 is 9.32 Å². The molecule has 142 valence electrons. The molecule has 3 heterocycles. The van der Waals surface area contributed by atoms with Crippen molar-refractivity contribution >= 4 is 12.2 Å². The molecule has 0 bridgehead atoms. The summed E-state index contributed by atoms with van der Waals surface area (Å²) in [5.41, 5.74) is 1.46. The van der Waals surface area contributed by atoms with Crippen molar-refractivity contribution in [3.63, 3.8) is 0 Å². The molecule has 0 amide bonds. The number of rotatable bonds is 6. The largest absolute Gasteiger partial charge is 0.461 e. The number of quaternary nitrogens is 1. The fourth-order valence-electron chi connectivity index (χ4n) is 4.02. The second-order valence-corrected chi connectivity index (χ2v) is 7.73. The van der Waals surface area contributed by atoms with Gasteiger partial charge in [-0.1, -0.05) is 30.3 Å². The summed E-state index contributed by atoms with van der Waals surface area (Å²) in [4.78, 5) is 1.56. The fraction of sp³-hybridized carbons (Fsp3) is 0.429. The highest BCUT2D eigenvalue weighted by Gasteiger charge is 2.24. The van der Waals surface area contributed by atoms with E-state index in [0.717, 1.165) is 35.5 Å². The minimum atomic E-state index is 0.776. The average Bonchev–Trinajstić information content (AvgIpc) is 3.33. The van der Waals surface area contributed by atoms with Crippen molar-refractivity contribution in [2.24, 2.45) is 5.92 Å². The van der Waals surface area contributed by atoms with Crippen LogP contribution >= 0.6 is 12.2 Å². The van der Waals surface area contributed by atoms with Crippen LogP contribution in [0.4, 0.5) is 0 Å². The van der Waals surface area contributed by atoms with Crippen LogP contribution in [0.3, 0.4) is 0 Å². The second-order valence-electron chi connectivity index (χ2n) is 7.37. The normalized spacial score (nSPS) is 20.0. The Hall–Kier alpha value is -2.18. The number of likely N-dealkylation sites (tertiary alicyclic amines) is 1. The molecule has 2 aromatic heterocycles. The van der Waals surface area contributed by atoms with Gasteiger partial charge in [-0.05, 0) is 62.0 Å². The van der Waals surface area contributed by atoms with E-state index in [-0.39, 0.29) is 0 Å². The van der Waals surface area contributed by atoms with Gasteiger partial charge in [-0.15, -0.1) is 5.10 Å². The predicted octanol–water partition coefficient (Wildman–Crippen LogP) is 3.19. The number of aromatic nitrogens is 3. The van der Waals surface area contributed by atoms with Crippen molar-refractivity contribution in [3.05, 3.63) is 59.1 Å². The lowest BCUT2D eigenvalue weighted by atomic mass is 9.90. The zero-order chi connectivity index (χ0) is 18.6. The number of furan rings is 1. The lowest BCUT2D eigenvalue weighted by Crippen LogP contribution is -3.12. The maximum Gasteiger partial charge on any atom is 0.203 e. The van der Waals surface area contributed by atoms with Crippen LogP contribution < -0.4 is 4.90 Å². The first-order valence-corrected chi connectivity index (χ1v) is 10.2. The monoisotopic (exact) mass is 383 g/mol. The van der Waals surface area contributed by atoms with Gasteiger partial charge >= 0.3 is 0 Å². The van der Waals surface area contributed by atoms with E-state index < -0.39 is 0 Å². The van der Waals surface area contributed by atoms with Crippen molar-refractivity contribution in [2.45, 2.75) is 39.4 Å². The van der Waals surface area contributed by atoms with Gasteiger partial charge in [0, 0.05) is 6.54 Å². The molecule has 1 aliphatic rings. The van der Waals surface area contributed by atoms with Crippen LogP contribution in [0.15, 0.2) is 53.1 Å². The predicted molar refractivity (Wildman–Crippen MR) is 108 cm³/mol. The SMILES string of the molecule is CCn1c(-c2ccco2)nn(C[NH+]2CCC(Cc3ccccc3)CC2)c1=S. The van der Waals surface area contributed by atoms with Gasteiger partial charge in [0.1, 0.15) is 0 Å². The first-order valence-electron chi connectivity index (χ1n) is 9.83. The van der Waals surface area contributed by atoms with Gasteiger partial charge in [-0.2, -0.15) is 4.68 Å². The second kappa shape index (κ2) is 8.23. The Balaban J connectivity index is 1.40. The Bertz CT molecular complexity index is 906. The highest BCUT2D eigenvalue weighted by Crippen LogP contribution is 2.19. The molecule has 0 saturated carbocycles. The van der Waals surface area contributed by atoms with Crippen LogP contribution in [0.5, 0.6) is 0 Å². The van der Waals surface area contributed by atoms with Crippen molar-refractivity contribution < 1.29 is 9.32 Å². The van der Waals surface area contributed by atoms with Gasteiger partial charge in [0.05, 0.1) is 19.4 Å². The lowest BCUT2D eigenvalue weighted by Gasteiger charge is -2.29. The zero-order valence-corrected chi connectivity index (χ0v) is 16.6. The smallest absolute Gasteiger partial charge is 0.203 e. The molecule has 0 aliphatic carbocycles. The summed E-state index contributed by atoms with van der Waals surface area (Å²) in [7, 11) is 0. The summed E-state index contributed by atoms with van der Waals surface area (Å²) in [5.74, 6) is 2.39. The van der Waals surface area contributed by atoms with Gasteiger partial charge in [0.15, 0.2) is 18.3 Å². The van der Waals surface area contributed by atoms with Crippen LogP contribution in [0.1, 0.15) is 25.3 Å². The molecule has 1 saturated heterocycles. The Labute approximate surface area is 165 Å². The molecule has 0 unspecified atom stereocenters. The van der Waals surface area contributed by atoms with Crippen molar-refractivity contribution in [2.75, 3.05) is 13.1 Å². The molecule has 1 aliphatic heterocycles. The number of nitrogens with zero attached hydrogens (tertiary/aromatic N) is 3. The minimum absolute atomic E-state index is 0.776. The topological polar surface area (TPSA) is 40.3 Å².